The maximum atomic E-state index is 14.3. The third kappa shape index (κ3) is 6.93. The zero-order valence-electron chi connectivity index (χ0n) is 25.3. The zero-order chi connectivity index (χ0) is 28.1. The molecule has 1 aromatic carbocycles. The molecule has 2 aromatic rings. The summed E-state index contributed by atoms with van der Waals surface area (Å²) in [4.78, 5) is 16.6. The first-order valence-corrected chi connectivity index (χ1v) is 14.7. The van der Waals surface area contributed by atoms with Gasteiger partial charge in [0.15, 0.2) is 0 Å². The number of rotatable bonds is 8. The lowest BCUT2D eigenvalue weighted by atomic mass is 9.75. The number of aromatic nitrogens is 2. The Morgan fingerprint density at radius 3 is 2.26 bits per heavy atom. The summed E-state index contributed by atoms with van der Waals surface area (Å²) in [6, 6.07) is 3.33. The molecule has 1 spiro atoms. The van der Waals surface area contributed by atoms with E-state index in [1.807, 2.05) is 25.8 Å². The highest BCUT2D eigenvalue weighted by atomic mass is 35.5. The number of carboxylic acid groups (broad SMARTS) is 1. The van der Waals surface area contributed by atoms with Crippen LogP contribution in [0.25, 0.3) is 0 Å². The molecular formula is C31H47Cl3F2N4O2. The molecule has 2 aliphatic carbocycles. The molecule has 1 aliphatic heterocycles. The molecule has 0 amide bonds. The van der Waals surface area contributed by atoms with Crippen molar-refractivity contribution in [2.45, 2.75) is 89.1 Å². The molecular weight excluding hydrogens is 605 g/mol. The molecule has 3 aliphatic rings. The van der Waals surface area contributed by atoms with Gasteiger partial charge in [-0.15, -0.1) is 37.2 Å². The summed E-state index contributed by atoms with van der Waals surface area (Å²) in [5.74, 6) is -1.76. The van der Waals surface area contributed by atoms with Crippen molar-refractivity contribution in [3.8, 4) is 0 Å². The van der Waals surface area contributed by atoms with Gasteiger partial charge in [0.05, 0.1) is 5.69 Å². The van der Waals surface area contributed by atoms with Crippen LogP contribution in [0.5, 0.6) is 0 Å². The van der Waals surface area contributed by atoms with Crippen molar-refractivity contribution in [2.24, 2.45) is 18.9 Å². The number of hydrogen-bond acceptors (Lipinski definition) is 4. The molecule has 0 unspecified atom stereocenters. The van der Waals surface area contributed by atoms with E-state index in [1.165, 1.54) is 35.5 Å². The van der Waals surface area contributed by atoms with Gasteiger partial charge in [0.1, 0.15) is 17.7 Å². The van der Waals surface area contributed by atoms with Crippen LogP contribution in [0.4, 0.5) is 8.78 Å². The van der Waals surface area contributed by atoms with Crippen LogP contribution in [0.2, 0.25) is 0 Å². The lowest BCUT2D eigenvalue weighted by Gasteiger charge is -2.41. The maximum absolute atomic E-state index is 14.3. The number of benzene rings is 1. The highest BCUT2D eigenvalue weighted by molar-refractivity contribution is 5.86. The van der Waals surface area contributed by atoms with Gasteiger partial charge in [0.2, 0.25) is 0 Å². The molecule has 1 saturated heterocycles. The Morgan fingerprint density at radius 2 is 1.71 bits per heavy atom. The van der Waals surface area contributed by atoms with Gasteiger partial charge in [-0.2, -0.15) is 5.10 Å². The molecule has 4 atom stereocenters. The van der Waals surface area contributed by atoms with E-state index in [4.69, 9.17) is 5.10 Å². The number of aryl methyl sites for hydroxylation is 2. The smallest absolute Gasteiger partial charge is 0.321 e. The van der Waals surface area contributed by atoms with Crippen LogP contribution in [-0.4, -0.2) is 69.4 Å². The number of aliphatic carboxylic acids is 1. The Morgan fingerprint density at radius 1 is 1.10 bits per heavy atom. The van der Waals surface area contributed by atoms with Crippen LogP contribution < -0.4 is 0 Å². The molecule has 1 saturated carbocycles. The van der Waals surface area contributed by atoms with Gasteiger partial charge in [-0.1, -0.05) is 20.8 Å². The number of likely N-dealkylation sites (N-methyl/N-ethyl adjacent to an activating group) is 1. The number of fused-ring (bicyclic) bond motifs is 2. The quantitative estimate of drug-likeness (QED) is 0.358. The molecule has 1 aromatic heterocycles. The Labute approximate surface area is 267 Å². The first kappa shape index (κ1) is 36.7. The van der Waals surface area contributed by atoms with E-state index in [1.54, 1.807) is 0 Å². The summed E-state index contributed by atoms with van der Waals surface area (Å²) in [6.45, 7) is 8.91. The van der Waals surface area contributed by atoms with E-state index in [2.05, 4.69) is 23.6 Å². The predicted molar refractivity (Wildman–Crippen MR) is 170 cm³/mol. The first-order valence-electron chi connectivity index (χ1n) is 14.7. The van der Waals surface area contributed by atoms with Crippen molar-refractivity contribution in [2.75, 3.05) is 26.7 Å². The average Bonchev–Trinajstić information content (AvgIpc) is 3.54. The second-order valence-electron chi connectivity index (χ2n) is 12.7. The summed E-state index contributed by atoms with van der Waals surface area (Å²) in [5, 5.41) is 14.7. The molecule has 0 bridgehead atoms. The second kappa shape index (κ2) is 14.6. The minimum atomic E-state index is -0.817. The molecule has 5 rings (SSSR count). The van der Waals surface area contributed by atoms with Gasteiger partial charge < -0.3 is 10.0 Å². The number of carbonyl (C=O) groups is 1. The summed E-state index contributed by atoms with van der Waals surface area (Å²) in [6.07, 6.45) is 7.03. The molecule has 238 valence electrons. The molecule has 11 heteroatoms. The number of likely N-dealkylation sites (tertiary alicyclic amines) is 1. The van der Waals surface area contributed by atoms with Crippen molar-refractivity contribution in [3.63, 3.8) is 0 Å². The van der Waals surface area contributed by atoms with E-state index in [0.29, 0.717) is 12.0 Å². The highest BCUT2D eigenvalue weighted by Crippen LogP contribution is 2.48. The fourth-order valence-corrected chi connectivity index (χ4v) is 8.28. The normalized spacial score (nSPS) is 23.8. The summed E-state index contributed by atoms with van der Waals surface area (Å²) < 4.78 is 30.7. The average molecular weight is 652 g/mol. The summed E-state index contributed by atoms with van der Waals surface area (Å²) >= 11 is 0. The maximum Gasteiger partial charge on any atom is 0.321 e. The number of halogens is 5. The topological polar surface area (TPSA) is 61.6 Å². The molecule has 2 fully saturated rings. The van der Waals surface area contributed by atoms with Gasteiger partial charge in [0.25, 0.3) is 0 Å². The minimum Gasteiger partial charge on any atom is -0.480 e. The molecule has 6 nitrogen and oxygen atoms in total. The van der Waals surface area contributed by atoms with Crippen LogP contribution in [0, 0.1) is 23.5 Å². The van der Waals surface area contributed by atoms with Crippen LogP contribution in [0.15, 0.2) is 18.2 Å². The third-order valence-electron chi connectivity index (χ3n) is 10.1. The van der Waals surface area contributed by atoms with Crippen LogP contribution in [0.3, 0.4) is 0 Å². The largest absolute Gasteiger partial charge is 0.480 e. The Hall–Kier alpha value is -1.45. The predicted octanol–water partition coefficient (Wildman–Crippen LogP) is 6.41. The fraction of sp³-hybridized carbons (Fsp3) is 0.677. The third-order valence-corrected chi connectivity index (χ3v) is 10.1. The summed E-state index contributed by atoms with van der Waals surface area (Å²) in [7, 11) is 3.99. The SMILES string of the molecule is CCc1nn(C)c2c1CCC21CCN(C[C@H]2C[C@H](N(C)[C@@H](C(=O)O)C(C)C)C[C@@H]2c2cc(F)cc(F)c2)CC1.Cl.Cl.Cl. The standard InChI is InChI=1S/C31H44F2N4O2.3ClH/c1-6-27-25-7-8-31(29(25)36(5)34-27)9-11-37(12-10-31)18-21-15-24(35(4)28(19(2)3)30(38)39)17-26(21)20-13-22(32)16-23(33)14-20;;;/h13-14,16,19,21,24,26,28H,6-12,15,17-18H2,1-5H3,(H,38,39);3*1H/t21-,24+,26-,28-;;;/m1.../s1. The lowest BCUT2D eigenvalue weighted by molar-refractivity contribution is -0.145. The monoisotopic (exact) mass is 650 g/mol. The molecule has 42 heavy (non-hydrogen) atoms. The zero-order valence-corrected chi connectivity index (χ0v) is 27.8. The van der Waals surface area contributed by atoms with Crippen molar-refractivity contribution in [1.29, 1.82) is 0 Å². The van der Waals surface area contributed by atoms with Crippen molar-refractivity contribution >= 4 is 43.2 Å². The number of hydrogen-bond donors (Lipinski definition) is 1. The van der Waals surface area contributed by atoms with Crippen LogP contribution in [-0.2, 0) is 30.1 Å². The van der Waals surface area contributed by atoms with E-state index in [0.717, 1.165) is 57.8 Å². The molecule has 2 heterocycles. The van der Waals surface area contributed by atoms with E-state index in [9.17, 15) is 18.7 Å². The molecule has 0 radical (unpaired) electrons. The summed E-state index contributed by atoms with van der Waals surface area (Å²) in [5.41, 5.74) is 5.07. The number of carboxylic acids is 1. The Kier molecular flexibility index (Phi) is 12.7. The van der Waals surface area contributed by atoms with Crippen LogP contribution >= 0.6 is 37.2 Å². The fourth-order valence-electron chi connectivity index (χ4n) is 8.28. The van der Waals surface area contributed by atoms with Crippen molar-refractivity contribution in [3.05, 3.63) is 52.3 Å². The van der Waals surface area contributed by atoms with Gasteiger partial charge in [0, 0.05) is 36.8 Å². The first-order chi connectivity index (χ1) is 18.5. The van der Waals surface area contributed by atoms with E-state index < -0.39 is 23.6 Å². The second-order valence-corrected chi connectivity index (χ2v) is 12.7. The molecule has 1 N–H and O–H groups in total. The highest BCUT2D eigenvalue weighted by Gasteiger charge is 2.46. The Bertz CT molecular complexity index is 1200. The van der Waals surface area contributed by atoms with Gasteiger partial charge in [-0.25, -0.2) is 8.78 Å². The minimum absolute atomic E-state index is 0. The van der Waals surface area contributed by atoms with E-state index in [-0.39, 0.29) is 66.4 Å². The Balaban J connectivity index is 0.00000205. The van der Waals surface area contributed by atoms with Crippen molar-refractivity contribution in [1.82, 2.24) is 19.6 Å². The van der Waals surface area contributed by atoms with Crippen LogP contribution in [0.1, 0.15) is 81.3 Å². The van der Waals surface area contributed by atoms with Gasteiger partial charge in [-0.05, 0) is 106 Å². The number of nitrogens with zero attached hydrogens (tertiary/aromatic N) is 4. The van der Waals surface area contributed by atoms with Gasteiger partial charge >= 0.3 is 5.97 Å². The lowest BCUT2D eigenvalue weighted by Crippen LogP contribution is -2.47. The number of piperidine rings is 1. The van der Waals surface area contributed by atoms with E-state index >= 15 is 0 Å². The van der Waals surface area contributed by atoms with Gasteiger partial charge in [-0.3, -0.25) is 14.4 Å². The van der Waals surface area contributed by atoms with Crippen molar-refractivity contribution < 1.29 is 18.7 Å².